The minimum Gasteiger partial charge on any atom is -0.461 e. The number of carbonyl (C=O) groups excluding carboxylic acids is 1. The molecule has 0 aromatic rings. The van der Waals surface area contributed by atoms with Crippen LogP contribution in [0.25, 0.3) is 0 Å². The average molecular weight is 190 g/mol. The zero-order chi connectivity index (χ0) is 9.78. The molecule has 0 aliphatic rings. The highest BCUT2D eigenvalue weighted by atomic mass is 32.2. The standard InChI is InChI=1S/C9H18O2S/c1-7(10)11-8(6-12-5)9(2,3)4/h8H,6H2,1-5H3. The molecule has 3 heteroatoms. The lowest BCUT2D eigenvalue weighted by Gasteiger charge is -2.29. The minimum absolute atomic E-state index is 0.0185. The zero-order valence-corrected chi connectivity index (χ0v) is 9.33. The van der Waals surface area contributed by atoms with Crippen molar-refractivity contribution in [1.29, 1.82) is 0 Å². The maximum absolute atomic E-state index is 10.7. The fourth-order valence-corrected chi connectivity index (χ4v) is 1.68. The molecular formula is C9H18O2S. The van der Waals surface area contributed by atoms with Crippen LogP contribution in [0.5, 0.6) is 0 Å². The summed E-state index contributed by atoms with van der Waals surface area (Å²) in [6.45, 7) is 7.70. The van der Waals surface area contributed by atoms with Gasteiger partial charge in [0.1, 0.15) is 6.10 Å². The molecule has 0 N–H and O–H groups in total. The minimum atomic E-state index is -0.191. The van der Waals surface area contributed by atoms with Crippen LogP contribution in [0.2, 0.25) is 0 Å². The molecule has 0 fully saturated rings. The molecule has 0 amide bonds. The first-order valence-electron chi connectivity index (χ1n) is 4.04. The first kappa shape index (κ1) is 11.8. The van der Waals surface area contributed by atoms with Crippen LogP contribution in [-0.2, 0) is 9.53 Å². The number of hydrogen-bond donors (Lipinski definition) is 0. The number of thioether (sulfide) groups is 1. The van der Waals surface area contributed by atoms with E-state index in [1.165, 1.54) is 6.92 Å². The molecule has 12 heavy (non-hydrogen) atoms. The van der Waals surface area contributed by atoms with Gasteiger partial charge in [0.15, 0.2) is 0 Å². The summed E-state index contributed by atoms with van der Waals surface area (Å²) in [5.74, 6) is 0.673. The van der Waals surface area contributed by atoms with E-state index >= 15 is 0 Å². The molecule has 0 aliphatic heterocycles. The zero-order valence-electron chi connectivity index (χ0n) is 8.51. The Kier molecular flexibility index (Phi) is 4.68. The van der Waals surface area contributed by atoms with Crippen LogP contribution in [0.1, 0.15) is 27.7 Å². The lowest BCUT2D eigenvalue weighted by Crippen LogP contribution is -2.33. The lowest BCUT2D eigenvalue weighted by atomic mass is 9.90. The fraction of sp³-hybridized carbons (Fsp3) is 0.889. The summed E-state index contributed by atoms with van der Waals surface area (Å²) in [6, 6.07) is 0. The Bertz CT molecular complexity index is 149. The van der Waals surface area contributed by atoms with Crippen molar-refractivity contribution < 1.29 is 9.53 Å². The summed E-state index contributed by atoms with van der Waals surface area (Å²) < 4.78 is 5.20. The summed E-state index contributed by atoms with van der Waals surface area (Å²) >= 11 is 1.70. The van der Waals surface area contributed by atoms with Crippen LogP contribution in [0.15, 0.2) is 0 Å². The predicted octanol–water partition coefficient (Wildman–Crippen LogP) is 2.33. The molecule has 0 rings (SSSR count). The van der Waals surface area contributed by atoms with Crippen LogP contribution < -0.4 is 0 Å². The number of ether oxygens (including phenoxy) is 1. The summed E-state index contributed by atoms with van der Waals surface area (Å²) in [5, 5.41) is 0. The lowest BCUT2D eigenvalue weighted by molar-refractivity contribution is -0.150. The third-order valence-corrected chi connectivity index (χ3v) is 2.23. The Morgan fingerprint density at radius 3 is 2.25 bits per heavy atom. The summed E-state index contributed by atoms with van der Waals surface area (Å²) in [7, 11) is 0. The Morgan fingerprint density at radius 2 is 2.00 bits per heavy atom. The van der Waals surface area contributed by atoms with Crippen LogP contribution in [-0.4, -0.2) is 24.1 Å². The van der Waals surface area contributed by atoms with Crippen molar-refractivity contribution in [1.82, 2.24) is 0 Å². The first-order chi connectivity index (χ1) is 5.38. The van der Waals surface area contributed by atoms with Crippen molar-refractivity contribution in [2.45, 2.75) is 33.8 Å². The van der Waals surface area contributed by atoms with E-state index in [2.05, 4.69) is 20.8 Å². The van der Waals surface area contributed by atoms with Crippen LogP contribution >= 0.6 is 11.8 Å². The average Bonchev–Trinajstić information content (AvgIpc) is 1.83. The van der Waals surface area contributed by atoms with E-state index in [1.54, 1.807) is 11.8 Å². The van der Waals surface area contributed by atoms with Gasteiger partial charge in [-0.25, -0.2) is 0 Å². The van der Waals surface area contributed by atoms with E-state index in [4.69, 9.17) is 4.74 Å². The molecule has 0 heterocycles. The van der Waals surface area contributed by atoms with Gasteiger partial charge in [-0.15, -0.1) is 0 Å². The van der Waals surface area contributed by atoms with Gasteiger partial charge < -0.3 is 4.74 Å². The third kappa shape index (κ3) is 4.65. The highest BCUT2D eigenvalue weighted by Gasteiger charge is 2.26. The van der Waals surface area contributed by atoms with Crippen LogP contribution in [0.4, 0.5) is 0 Å². The maximum atomic E-state index is 10.7. The molecule has 0 spiro atoms. The van der Waals surface area contributed by atoms with Gasteiger partial charge in [0.05, 0.1) is 0 Å². The predicted molar refractivity (Wildman–Crippen MR) is 53.4 cm³/mol. The van der Waals surface area contributed by atoms with E-state index in [0.717, 1.165) is 5.75 Å². The second kappa shape index (κ2) is 4.75. The highest BCUT2D eigenvalue weighted by Crippen LogP contribution is 2.24. The number of rotatable bonds is 3. The third-order valence-electron chi connectivity index (χ3n) is 1.59. The van der Waals surface area contributed by atoms with Gasteiger partial charge in [-0.3, -0.25) is 4.79 Å². The molecule has 1 unspecified atom stereocenters. The van der Waals surface area contributed by atoms with Gasteiger partial charge in [0, 0.05) is 12.7 Å². The van der Waals surface area contributed by atoms with Crippen molar-refractivity contribution >= 4 is 17.7 Å². The molecule has 0 bridgehead atoms. The Hall–Kier alpha value is -0.180. The van der Waals surface area contributed by atoms with Crippen LogP contribution in [0.3, 0.4) is 0 Å². The molecule has 72 valence electrons. The Morgan fingerprint density at radius 1 is 1.50 bits per heavy atom. The van der Waals surface area contributed by atoms with Gasteiger partial charge in [0.25, 0.3) is 0 Å². The number of carbonyl (C=O) groups is 1. The summed E-state index contributed by atoms with van der Waals surface area (Å²) in [5.41, 5.74) is 0.0364. The highest BCUT2D eigenvalue weighted by molar-refractivity contribution is 7.98. The van der Waals surface area contributed by atoms with E-state index in [9.17, 15) is 4.79 Å². The molecule has 0 aliphatic carbocycles. The quantitative estimate of drug-likeness (QED) is 0.639. The molecule has 2 nitrogen and oxygen atoms in total. The maximum Gasteiger partial charge on any atom is 0.302 e. The molecule has 0 aromatic heterocycles. The monoisotopic (exact) mass is 190 g/mol. The summed E-state index contributed by atoms with van der Waals surface area (Å²) in [6.07, 6.45) is 2.03. The van der Waals surface area contributed by atoms with Gasteiger partial charge in [-0.1, -0.05) is 20.8 Å². The molecular weight excluding hydrogens is 172 g/mol. The molecule has 0 saturated carbocycles. The van der Waals surface area contributed by atoms with E-state index in [0.29, 0.717) is 0 Å². The summed E-state index contributed by atoms with van der Waals surface area (Å²) in [4.78, 5) is 10.7. The van der Waals surface area contributed by atoms with E-state index in [1.807, 2.05) is 6.26 Å². The smallest absolute Gasteiger partial charge is 0.302 e. The number of esters is 1. The van der Waals surface area contributed by atoms with Gasteiger partial charge >= 0.3 is 5.97 Å². The van der Waals surface area contributed by atoms with Crippen molar-refractivity contribution in [3.8, 4) is 0 Å². The fourth-order valence-electron chi connectivity index (χ4n) is 0.813. The SMILES string of the molecule is CSCC(OC(C)=O)C(C)(C)C. The van der Waals surface area contributed by atoms with Crippen molar-refractivity contribution in [3.63, 3.8) is 0 Å². The first-order valence-corrected chi connectivity index (χ1v) is 5.43. The Labute approximate surface area is 79.1 Å². The van der Waals surface area contributed by atoms with Gasteiger partial charge in [-0.05, 0) is 11.7 Å². The van der Waals surface area contributed by atoms with Crippen molar-refractivity contribution in [3.05, 3.63) is 0 Å². The molecule has 0 aromatic carbocycles. The molecule has 0 radical (unpaired) electrons. The second-order valence-electron chi connectivity index (χ2n) is 3.92. The Balaban J connectivity index is 4.13. The van der Waals surface area contributed by atoms with Crippen molar-refractivity contribution in [2.24, 2.45) is 5.41 Å². The van der Waals surface area contributed by atoms with Crippen molar-refractivity contribution in [2.75, 3.05) is 12.0 Å². The normalized spacial score (nSPS) is 14.1. The van der Waals surface area contributed by atoms with E-state index in [-0.39, 0.29) is 17.5 Å². The second-order valence-corrected chi connectivity index (χ2v) is 4.83. The number of hydrogen-bond acceptors (Lipinski definition) is 3. The van der Waals surface area contributed by atoms with Gasteiger partial charge in [-0.2, -0.15) is 11.8 Å². The van der Waals surface area contributed by atoms with Gasteiger partial charge in [0.2, 0.25) is 0 Å². The topological polar surface area (TPSA) is 26.3 Å². The largest absolute Gasteiger partial charge is 0.461 e. The molecule has 1 atom stereocenters. The van der Waals surface area contributed by atoms with E-state index < -0.39 is 0 Å². The van der Waals surface area contributed by atoms with Crippen LogP contribution in [0, 0.1) is 5.41 Å². The molecule has 0 saturated heterocycles.